The van der Waals surface area contributed by atoms with Gasteiger partial charge in [-0.1, -0.05) is 12.1 Å². The third-order valence-corrected chi connectivity index (χ3v) is 6.21. The Balaban J connectivity index is 0.00000392. The molecule has 2 aromatic rings. The van der Waals surface area contributed by atoms with Crippen LogP contribution < -0.4 is 10.6 Å². The molecule has 0 aliphatic heterocycles. The van der Waals surface area contributed by atoms with Gasteiger partial charge in [-0.15, -0.1) is 35.3 Å². The Bertz CT molecular complexity index is 895. The van der Waals surface area contributed by atoms with Gasteiger partial charge < -0.3 is 10.6 Å². The van der Waals surface area contributed by atoms with E-state index < -0.39 is 9.84 Å². The quantitative estimate of drug-likeness (QED) is 0.234. The molecule has 0 radical (unpaired) electrons. The summed E-state index contributed by atoms with van der Waals surface area (Å²) in [6.07, 6.45) is 3.17. The van der Waals surface area contributed by atoms with E-state index in [1.54, 1.807) is 17.4 Å². The van der Waals surface area contributed by atoms with Gasteiger partial charge in [-0.3, -0.25) is 0 Å². The number of rotatable bonds is 8. The number of nitrogens with one attached hydrogen (secondary N) is 2. The number of hydrogen-bond donors (Lipinski definition) is 2. The highest BCUT2D eigenvalue weighted by Gasteiger charge is 2.10. The van der Waals surface area contributed by atoms with Gasteiger partial charge in [0.05, 0.1) is 16.4 Å². The van der Waals surface area contributed by atoms with Gasteiger partial charge in [0.2, 0.25) is 0 Å². The Labute approximate surface area is 189 Å². The van der Waals surface area contributed by atoms with Gasteiger partial charge in [-0.05, 0) is 44.4 Å². The summed E-state index contributed by atoms with van der Waals surface area (Å²) < 4.78 is 23.4. The van der Waals surface area contributed by atoms with Crippen molar-refractivity contribution in [3.63, 3.8) is 0 Å². The molecule has 0 atom stereocenters. The summed E-state index contributed by atoms with van der Waals surface area (Å²) in [6.45, 7) is 7.94. The van der Waals surface area contributed by atoms with Crippen molar-refractivity contribution in [1.29, 1.82) is 0 Å². The number of thiazole rings is 1. The Morgan fingerprint density at radius 3 is 2.57 bits per heavy atom. The molecule has 0 amide bonds. The van der Waals surface area contributed by atoms with E-state index in [0.717, 1.165) is 53.7 Å². The molecule has 1 aromatic carbocycles. The second-order valence-corrected chi connectivity index (χ2v) is 9.41. The van der Waals surface area contributed by atoms with Crippen LogP contribution in [0.2, 0.25) is 0 Å². The van der Waals surface area contributed by atoms with E-state index in [1.807, 2.05) is 32.9 Å². The second-order valence-electron chi connectivity index (χ2n) is 6.48. The minimum atomic E-state index is -3.19. The lowest BCUT2D eigenvalue weighted by atomic mass is 10.1. The van der Waals surface area contributed by atoms with Crippen LogP contribution in [0, 0.1) is 13.8 Å². The summed E-state index contributed by atoms with van der Waals surface area (Å²) >= 11 is 1.70. The van der Waals surface area contributed by atoms with Gasteiger partial charge >= 0.3 is 0 Å². The number of hydrogen-bond acceptors (Lipinski definition) is 5. The van der Waals surface area contributed by atoms with Gasteiger partial charge in [0.15, 0.2) is 15.8 Å². The van der Waals surface area contributed by atoms with Crippen LogP contribution in [0.3, 0.4) is 0 Å². The Morgan fingerprint density at radius 2 is 2.00 bits per heavy atom. The molecule has 0 unspecified atom stereocenters. The van der Waals surface area contributed by atoms with Gasteiger partial charge in [-0.2, -0.15) is 0 Å². The van der Waals surface area contributed by atoms with Crippen LogP contribution in [0.4, 0.5) is 0 Å². The first kappa shape index (κ1) is 24.8. The van der Waals surface area contributed by atoms with Crippen molar-refractivity contribution in [3.8, 4) is 0 Å². The van der Waals surface area contributed by atoms with E-state index in [0.29, 0.717) is 11.4 Å². The van der Waals surface area contributed by atoms with Crippen molar-refractivity contribution < 1.29 is 8.42 Å². The van der Waals surface area contributed by atoms with E-state index in [2.05, 4.69) is 26.0 Å². The van der Waals surface area contributed by atoms with Crippen LogP contribution in [-0.2, 0) is 22.8 Å². The predicted molar refractivity (Wildman–Crippen MR) is 128 cm³/mol. The SMILES string of the molecule is CCNC(=NCc1ccc(S(C)(=O)=O)c(C)c1)NCCCc1nc(C)cs1.I. The lowest BCUT2D eigenvalue weighted by Crippen LogP contribution is -2.37. The standard InChI is InChI=1S/C19H28N4O2S2.HI/c1-5-20-19(21-10-6-7-18-23-15(3)13-26-18)22-12-16-8-9-17(14(2)11-16)27(4,24)25;/h8-9,11,13H,5-7,10,12H2,1-4H3,(H2,20,21,22);1H. The predicted octanol–water partition coefficient (Wildman–Crippen LogP) is 3.47. The highest BCUT2D eigenvalue weighted by molar-refractivity contribution is 14.0. The summed E-state index contributed by atoms with van der Waals surface area (Å²) in [5.74, 6) is 0.762. The smallest absolute Gasteiger partial charge is 0.191 e. The maximum Gasteiger partial charge on any atom is 0.191 e. The number of halogens is 1. The van der Waals surface area contributed by atoms with E-state index in [9.17, 15) is 8.42 Å². The molecule has 0 fully saturated rings. The monoisotopic (exact) mass is 536 g/mol. The van der Waals surface area contributed by atoms with Crippen LogP contribution >= 0.6 is 35.3 Å². The van der Waals surface area contributed by atoms with Crippen molar-refractivity contribution >= 4 is 51.1 Å². The molecule has 9 heteroatoms. The number of nitrogens with zero attached hydrogens (tertiary/aromatic N) is 2. The van der Waals surface area contributed by atoms with Crippen molar-refractivity contribution in [2.75, 3.05) is 19.3 Å². The van der Waals surface area contributed by atoms with Crippen molar-refractivity contribution in [3.05, 3.63) is 45.4 Å². The normalized spacial score (nSPS) is 11.8. The molecule has 156 valence electrons. The second kappa shape index (κ2) is 11.7. The fourth-order valence-electron chi connectivity index (χ4n) is 2.70. The topological polar surface area (TPSA) is 83.5 Å². The first-order valence-corrected chi connectivity index (χ1v) is 11.8. The average molecular weight is 537 g/mol. The lowest BCUT2D eigenvalue weighted by molar-refractivity contribution is 0.601. The minimum absolute atomic E-state index is 0. The molecule has 0 aliphatic carbocycles. The van der Waals surface area contributed by atoms with Gasteiger partial charge in [0.1, 0.15) is 0 Å². The van der Waals surface area contributed by atoms with Crippen LogP contribution in [0.25, 0.3) is 0 Å². The van der Waals surface area contributed by atoms with Crippen LogP contribution in [0.5, 0.6) is 0 Å². The maximum atomic E-state index is 11.7. The van der Waals surface area contributed by atoms with Crippen LogP contribution in [0.15, 0.2) is 33.5 Å². The highest BCUT2D eigenvalue weighted by atomic mass is 127. The third kappa shape index (κ3) is 8.04. The summed E-state index contributed by atoms with van der Waals surface area (Å²) in [5, 5.41) is 9.81. The van der Waals surface area contributed by atoms with E-state index in [4.69, 9.17) is 0 Å². The van der Waals surface area contributed by atoms with Crippen LogP contribution in [0.1, 0.15) is 35.2 Å². The number of aryl methyl sites for hydroxylation is 3. The van der Waals surface area contributed by atoms with Gasteiger partial charge in [-0.25, -0.2) is 18.4 Å². The van der Waals surface area contributed by atoms with Crippen molar-refractivity contribution in [1.82, 2.24) is 15.6 Å². The van der Waals surface area contributed by atoms with E-state index in [1.165, 1.54) is 6.26 Å². The number of aromatic nitrogens is 1. The van der Waals surface area contributed by atoms with Crippen molar-refractivity contribution in [2.45, 2.75) is 45.1 Å². The molecule has 2 rings (SSSR count). The highest BCUT2D eigenvalue weighted by Crippen LogP contribution is 2.17. The largest absolute Gasteiger partial charge is 0.357 e. The fraction of sp³-hybridized carbons (Fsp3) is 0.474. The molecular formula is C19H29IN4O2S2. The zero-order valence-corrected chi connectivity index (χ0v) is 20.7. The van der Waals surface area contributed by atoms with Crippen molar-refractivity contribution in [2.24, 2.45) is 4.99 Å². The first-order valence-electron chi connectivity index (χ1n) is 9.02. The molecule has 0 spiro atoms. The maximum absolute atomic E-state index is 11.7. The fourth-order valence-corrected chi connectivity index (χ4v) is 4.48. The molecule has 28 heavy (non-hydrogen) atoms. The summed E-state index contributed by atoms with van der Waals surface area (Å²) in [7, 11) is -3.19. The number of guanidine groups is 1. The zero-order valence-electron chi connectivity index (χ0n) is 16.8. The molecular weight excluding hydrogens is 507 g/mol. The van der Waals surface area contributed by atoms with Gasteiger partial charge in [0, 0.05) is 36.8 Å². The van der Waals surface area contributed by atoms with E-state index in [-0.39, 0.29) is 24.0 Å². The molecule has 1 heterocycles. The van der Waals surface area contributed by atoms with E-state index >= 15 is 0 Å². The molecule has 1 aromatic heterocycles. The minimum Gasteiger partial charge on any atom is -0.357 e. The zero-order chi connectivity index (χ0) is 19.9. The Kier molecular flexibility index (Phi) is 10.4. The first-order chi connectivity index (χ1) is 12.8. The number of sulfone groups is 1. The molecule has 2 N–H and O–H groups in total. The number of aliphatic imine (C=N–C) groups is 1. The Morgan fingerprint density at radius 1 is 1.25 bits per heavy atom. The Hall–Kier alpha value is -1.20. The summed E-state index contributed by atoms with van der Waals surface area (Å²) in [4.78, 5) is 9.44. The van der Waals surface area contributed by atoms with Gasteiger partial charge in [0.25, 0.3) is 0 Å². The average Bonchev–Trinajstić information content (AvgIpc) is 3.00. The molecule has 0 saturated heterocycles. The number of benzene rings is 1. The molecule has 6 nitrogen and oxygen atoms in total. The molecule has 0 aliphatic rings. The van der Waals surface area contributed by atoms with Crippen LogP contribution in [-0.4, -0.2) is 38.7 Å². The molecule has 0 bridgehead atoms. The lowest BCUT2D eigenvalue weighted by Gasteiger charge is -2.11. The third-order valence-electron chi connectivity index (χ3n) is 3.93. The summed E-state index contributed by atoms with van der Waals surface area (Å²) in [5.41, 5.74) is 2.81. The molecule has 0 saturated carbocycles. The summed E-state index contributed by atoms with van der Waals surface area (Å²) in [6, 6.07) is 5.36.